The Balaban J connectivity index is 1.42. The quantitative estimate of drug-likeness (QED) is 0.871. The van der Waals surface area contributed by atoms with Gasteiger partial charge in [0.25, 0.3) is 5.91 Å². The van der Waals surface area contributed by atoms with Crippen molar-refractivity contribution >= 4 is 5.91 Å². The molecule has 0 aliphatic carbocycles. The van der Waals surface area contributed by atoms with Gasteiger partial charge in [-0.05, 0) is 50.6 Å². The van der Waals surface area contributed by atoms with Gasteiger partial charge in [-0.2, -0.15) is 5.10 Å². The van der Waals surface area contributed by atoms with Crippen molar-refractivity contribution in [3.8, 4) is 11.3 Å². The predicted octanol–water partition coefficient (Wildman–Crippen LogP) is 1.14. The van der Waals surface area contributed by atoms with Gasteiger partial charge < -0.3 is 14.9 Å². The highest BCUT2D eigenvalue weighted by Gasteiger charge is 2.40. The van der Waals surface area contributed by atoms with Crippen molar-refractivity contribution in [3.05, 3.63) is 36.3 Å². The smallest absolute Gasteiger partial charge is 0.271 e. The van der Waals surface area contributed by atoms with E-state index in [0.717, 1.165) is 18.7 Å². The zero-order valence-electron chi connectivity index (χ0n) is 14.2. The summed E-state index contributed by atoms with van der Waals surface area (Å²) in [6.45, 7) is 3.70. The number of β-amino-alcohol motifs (C(OH)–C–C–N with tert-alkyl or cyclic N) is 1. The second-order valence-electron chi connectivity index (χ2n) is 7.09. The maximum atomic E-state index is 12.7. The topological polar surface area (TPSA) is 85.3 Å². The van der Waals surface area contributed by atoms with Crippen LogP contribution in [0.5, 0.6) is 0 Å². The molecular formula is C18H23N5O2. The summed E-state index contributed by atoms with van der Waals surface area (Å²) in [5.41, 5.74) is 1.21. The second kappa shape index (κ2) is 6.57. The second-order valence-corrected chi connectivity index (χ2v) is 7.09. The number of aromatic amines is 1. The molecule has 1 unspecified atom stereocenters. The first-order valence-electron chi connectivity index (χ1n) is 8.83. The fourth-order valence-corrected chi connectivity index (χ4v) is 3.78. The third kappa shape index (κ3) is 3.43. The van der Waals surface area contributed by atoms with Gasteiger partial charge in [-0.15, -0.1) is 0 Å². The summed E-state index contributed by atoms with van der Waals surface area (Å²) in [6, 6.07) is 5.49. The molecule has 2 aliphatic heterocycles. The summed E-state index contributed by atoms with van der Waals surface area (Å²) in [7, 11) is 0. The number of H-pyrrole nitrogens is 1. The molecule has 25 heavy (non-hydrogen) atoms. The van der Waals surface area contributed by atoms with E-state index in [-0.39, 0.29) is 5.91 Å². The minimum Gasteiger partial charge on any atom is -0.387 e. The van der Waals surface area contributed by atoms with Crippen LogP contribution >= 0.6 is 0 Å². The average molecular weight is 341 g/mol. The maximum Gasteiger partial charge on any atom is 0.271 e. The molecule has 2 N–H and O–H groups in total. The van der Waals surface area contributed by atoms with Crippen LogP contribution in [0.15, 0.2) is 30.6 Å². The molecule has 2 fully saturated rings. The van der Waals surface area contributed by atoms with Gasteiger partial charge in [0, 0.05) is 31.0 Å². The number of nitrogens with one attached hydrogen (secondary N) is 1. The van der Waals surface area contributed by atoms with Gasteiger partial charge in [0.1, 0.15) is 5.69 Å². The molecule has 0 aromatic carbocycles. The molecule has 7 nitrogen and oxygen atoms in total. The molecule has 7 heteroatoms. The number of hydrogen-bond acceptors (Lipinski definition) is 5. The van der Waals surface area contributed by atoms with Crippen molar-refractivity contribution in [2.45, 2.75) is 24.9 Å². The Labute approximate surface area is 146 Å². The summed E-state index contributed by atoms with van der Waals surface area (Å²) in [5, 5.41) is 17.9. The number of nitrogens with zero attached hydrogens (tertiary/aromatic N) is 4. The van der Waals surface area contributed by atoms with Crippen LogP contribution in [0.1, 0.15) is 29.8 Å². The Hall–Kier alpha value is -2.25. The molecule has 0 radical (unpaired) electrons. The van der Waals surface area contributed by atoms with E-state index in [2.05, 4.69) is 20.1 Å². The summed E-state index contributed by atoms with van der Waals surface area (Å²) in [5.74, 6) is -0.111. The van der Waals surface area contributed by atoms with E-state index in [1.54, 1.807) is 23.4 Å². The lowest BCUT2D eigenvalue weighted by Crippen LogP contribution is -2.45. The largest absolute Gasteiger partial charge is 0.387 e. The van der Waals surface area contributed by atoms with Gasteiger partial charge >= 0.3 is 0 Å². The number of aromatic nitrogens is 3. The molecule has 4 rings (SSSR count). The number of pyridine rings is 1. The number of hydrogen-bond donors (Lipinski definition) is 2. The van der Waals surface area contributed by atoms with Crippen LogP contribution in [0.2, 0.25) is 0 Å². The zero-order chi connectivity index (χ0) is 17.3. The van der Waals surface area contributed by atoms with Gasteiger partial charge in [-0.25, -0.2) is 0 Å². The summed E-state index contributed by atoms with van der Waals surface area (Å²) >= 11 is 0. The van der Waals surface area contributed by atoms with Crippen molar-refractivity contribution in [2.75, 3.05) is 32.7 Å². The first-order valence-corrected chi connectivity index (χ1v) is 8.83. The van der Waals surface area contributed by atoms with Crippen molar-refractivity contribution in [1.29, 1.82) is 0 Å². The van der Waals surface area contributed by atoms with E-state index in [4.69, 9.17) is 0 Å². The minimum atomic E-state index is -0.799. The Bertz CT molecular complexity index is 741. The Morgan fingerprint density at radius 3 is 2.92 bits per heavy atom. The van der Waals surface area contributed by atoms with Crippen LogP contribution in [0, 0.1) is 0 Å². The molecule has 4 heterocycles. The fraction of sp³-hybridized carbons (Fsp3) is 0.500. The van der Waals surface area contributed by atoms with Crippen LogP contribution < -0.4 is 0 Å². The molecule has 0 saturated carbocycles. The van der Waals surface area contributed by atoms with Gasteiger partial charge in [0.05, 0.1) is 17.8 Å². The number of amides is 1. The number of aliphatic hydroxyl groups is 1. The number of rotatable bonds is 4. The van der Waals surface area contributed by atoms with Crippen molar-refractivity contribution < 1.29 is 9.90 Å². The first-order chi connectivity index (χ1) is 12.1. The standard InChI is InChI=1S/C18H23N5O2/c24-17(16-10-15(20-21-16)14-4-3-6-19-11-14)23-9-5-18(25,13-23)12-22-7-1-2-8-22/h3-4,6,10-11,25H,1-2,5,7-9,12-13H2,(H,20,21). The third-order valence-electron chi connectivity index (χ3n) is 5.10. The number of carbonyl (C=O) groups excluding carboxylic acids is 1. The molecular weight excluding hydrogens is 318 g/mol. The van der Waals surface area contributed by atoms with E-state index in [0.29, 0.717) is 37.4 Å². The zero-order valence-corrected chi connectivity index (χ0v) is 14.2. The molecule has 0 spiro atoms. The Kier molecular flexibility index (Phi) is 4.27. The summed E-state index contributed by atoms with van der Waals surface area (Å²) in [4.78, 5) is 20.8. The van der Waals surface area contributed by atoms with Crippen molar-refractivity contribution in [3.63, 3.8) is 0 Å². The van der Waals surface area contributed by atoms with Gasteiger partial charge in [-0.1, -0.05) is 0 Å². The van der Waals surface area contributed by atoms with E-state index in [1.807, 2.05) is 12.1 Å². The number of carbonyl (C=O) groups is 1. The molecule has 1 amide bonds. The van der Waals surface area contributed by atoms with Crippen LogP contribution in [-0.4, -0.2) is 74.3 Å². The Morgan fingerprint density at radius 1 is 1.32 bits per heavy atom. The molecule has 2 aromatic heterocycles. The highest BCUT2D eigenvalue weighted by Crippen LogP contribution is 2.26. The van der Waals surface area contributed by atoms with Gasteiger partial charge in [0.15, 0.2) is 0 Å². The molecule has 2 aromatic rings. The number of likely N-dealkylation sites (tertiary alicyclic amines) is 2. The summed E-state index contributed by atoms with van der Waals surface area (Å²) in [6.07, 6.45) is 6.44. The lowest BCUT2D eigenvalue weighted by Gasteiger charge is -2.28. The van der Waals surface area contributed by atoms with E-state index >= 15 is 0 Å². The van der Waals surface area contributed by atoms with Crippen LogP contribution in [0.3, 0.4) is 0 Å². The van der Waals surface area contributed by atoms with Gasteiger partial charge in [0.2, 0.25) is 0 Å². The third-order valence-corrected chi connectivity index (χ3v) is 5.10. The van der Waals surface area contributed by atoms with Crippen LogP contribution in [0.4, 0.5) is 0 Å². The SMILES string of the molecule is O=C(c1cc(-c2cccnc2)n[nH]1)N1CCC(O)(CN2CCCC2)C1. The van der Waals surface area contributed by atoms with Crippen LogP contribution in [0.25, 0.3) is 11.3 Å². The van der Waals surface area contributed by atoms with E-state index in [1.165, 1.54) is 12.8 Å². The molecule has 2 aliphatic rings. The van der Waals surface area contributed by atoms with E-state index in [9.17, 15) is 9.90 Å². The van der Waals surface area contributed by atoms with E-state index < -0.39 is 5.60 Å². The normalized spacial score (nSPS) is 24.1. The maximum absolute atomic E-state index is 12.7. The minimum absolute atomic E-state index is 0.111. The van der Waals surface area contributed by atoms with Crippen molar-refractivity contribution in [2.24, 2.45) is 0 Å². The molecule has 0 bridgehead atoms. The highest BCUT2D eigenvalue weighted by atomic mass is 16.3. The molecule has 1 atom stereocenters. The predicted molar refractivity (Wildman–Crippen MR) is 93.0 cm³/mol. The molecule has 132 valence electrons. The molecule has 2 saturated heterocycles. The van der Waals surface area contributed by atoms with Gasteiger partial charge in [-0.3, -0.25) is 14.9 Å². The lowest BCUT2D eigenvalue weighted by atomic mass is 10.0. The lowest BCUT2D eigenvalue weighted by molar-refractivity contribution is 0.0175. The average Bonchev–Trinajstić information content (AvgIpc) is 3.36. The van der Waals surface area contributed by atoms with Crippen molar-refractivity contribution in [1.82, 2.24) is 25.0 Å². The van der Waals surface area contributed by atoms with Crippen LogP contribution in [-0.2, 0) is 0 Å². The monoisotopic (exact) mass is 341 g/mol. The highest BCUT2D eigenvalue weighted by molar-refractivity contribution is 5.93. The Morgan fingerprint density at radius 2 is 2.16 bits per heavy atom. The fourth-order valence-electron chi connectivity index (χ4n) is 3.78. The first kappa shape index (κ1) is 16.2. The summed E-state index contributed by atoms with van der Waals surface area (Å²) < 4.78 is 0.